The van der Waals surface area contributed by atoms with E-state index in [0.29, 0.717) is 0 Å². The van der Waals surface area contributed by atoms with Crippen LogP contribution in [0.15, 0.2) is 23.3 Å². The molecule has 0 spiro atoms. The van der Waals surface area contributed by atoms with Crippen molar-refractivity contribution in [1.82, 2.24) is 10.3 Å². The van der Waals surface area contributed by atoms with Crippen molar-refractivity contribution in [2.24, 2.45) is 0 Å². The zero-order valence-corrected chi connectivity index (χ0v) is 10.3. The third-order valence-electron chi connectivity index (χ3n) is 3.04. The van der Waals surface area contributed by atoms with E-state index < -0.39 is 22.8 Å². The maximum atomic E-state index is 11.9. The molecule has 0 fully saturated rings. The first-order valence-corrected chi connectivity index (χ1v) is 5.70. The molecule has 3 N–H and O–H groups in total. The van der Waals surface area contributed by atoms with Gasteiger partial charge in [0, 0.05) is 18.5 Å². The summed E-state index contributed by atoms with van der Waals surface area (Å²) in [6, 6.07) is 1.22. The third kappa shape index (κ3) is 2.58. The van der Waals surface area contributed by atoms with E-state index >= 15 is 0 Å². The first kappa shape index (κ1) is 14.0. The van der Waals surface area contributed by atoms with Crippen molar-refractivity contribution in [3.63, 3.8) is 0 Å². The highest BCUT2D eigenvalue weighted by molar-refractivity contribution is 5.97. The lowest BCUT2D eigenvalue weighted by Crippen LogP contribution is -2.54. The Balaban J connectivity index is 3.03. The van der Waals surface area contributed by atoms with Crippen LogP contribution in [-0.2, 0) is 4.79 Å². The van der Waals surface area contributed by atoms with Crippen LogP contribution < -0.4 is 10.7 Å². The molecule has 0 unspecified atom stereocenters. The zero-order valence-electron chi connectivity index (χ0n) is 10.3. The van der Waals surface area contributed by atoms with Crippen molar-refractivity contribution in [3.05, 3.63) is 34.2 Å². The molecule has 18 heavy (non-hydrogen) atoms. The van der Waals surface area contributed by atoms with Gasteiger partial charge in [0.2, 0.25) is 0 Å². The number of hydrogen-bond donors (Lipinski definition) is 3. The van der Waals surface area contributed by atoms with E-state index in [4.69, 9.17) is 0 Å². The molecule has 6 heteroatoms. The predicted octanol–water partition coefficient (Wildman–Crippen LogP) is 0.748. The fraction of sp³-hybridized carbons (Fsp3) is 0.417. The number of aromatic nitrogens is 1. The van der Waals surface area contributed by atoms with Crippen LogP contribution in [0.3, 0.4) is 0 Å². The molecule has 1 aromatic rings. The lowest BCUT2D eigenvalue weighted by atomic mass is 9.92. The van der Waals surface area contributed by atoms with Gasteiger partial charge in [0.25, 0.3) is 5.91 Å². The van der Waals surface area contributed by atoms with E-state index in [2.05, 4.69) is 10.3 Å². The van der Waals surface area contributed by atoms with Crippen LogP contribution >= 0.6 is 0 Å². The molecule has 0 atom stereocenters. The minimum atomic E-state index is -1.33. The molecule has 1 rings (SSSR count). The number of carboxylic acid groups (broad SMARTS) is 1. The van der Waals surface area contributed by atoms with E-state index in [1.54, 1.807) is 13.8 Å². The van der Waals surface area contributed by atoms with Gasteiger partial charge in [0.15, 0.2) is 5.43 Å². The standard InChI is InChI=1S/C12H16N2O4/c1-3-12(4-2,11(17)18)14-10(16)8-7-13-6-5-9(8)15/h5-7H,3-4H2,1-2H3,(H,13,15)(H,14,16)(H,17,18). The number of carbonyl (C=O) groups is 2. The highest BCUT2D eigenvalue weighted by Crippen LogP contribution is 2.15. The summed E-state index contributed by atoms with van der Waals surface area (Å²) in [7, 11) is 0. The van der Waals surface area contributed by atoms with Crippen molar-refractivity contribution < 1.29 is 14.7 Å². The molecule has 0 aromatic carbocycles. The molecule has 0 radical (unpaired) electrons. The van der Waals surface area contributed by atoms with Gasteiger partial charge in [-0.15, -0.1) is 0 Å². The molecule has 0 aliphatic heterocycles. The lowest BCUT2D eigenvalue weighted by molar-refractivity contribution is -0.144. The van der Waals surface area contributed by atoms with Crippen molar-refractivity contribution in [2.45, 2.75) is 32.2 Å². The Morgan fingerprint density at radius 1 is 1.39 bits per heavy atom. The van der Waals surface area contributed by atoms with Gasteiger partial charge >= 0.3 is 5.97 Å². The summed E-state index contributed by atoms with van der Waals surface area (Å²) in [5.41, 5.74) is -1.87. The first-order chi connectivity index (χ1) is 8.46. The van der Waals surface area contributed by atoms with Crippen LogP contribution in [0.25, 0.3) is 0 Å². The summed E-state index contributed by atoms with van der Waals surface area (Å²) in [5, 5.41) is 11.6. The van der Waals surface area contributed by atoms with E-state index in [9.17, 15) is 19.5 Å². The number of pyridine rings is 1. The average molecular weight is 252 g/mol. The Bertz CT molecular complexity index is 503. The molecule has 0 aliphatic carbocycles. The molecular weight excluding hydrogens is 236 g/mol. The Morgan fingerprint density at radius 2 is 2.00 bits per heavy atom. The number of rotatable bonds is 5. The quantitative estimate of drug-likeness (QED) is 0.720. The van der Waals surface area contributed by atoms with Crippen molar-refractivity contribution >= 4 is 11.9 Å². The molecule has 1 aromatic heterocycles. The molecular formula is C12H16N2O4. The van der Waals surface area contributed by atoms with Gasteiger partial charge in [0.05, 0.1) is 0 Å². The number of H-pyrrole nitrogens is 1. The van der Waals surface area contributed by atoms with E-state index in [1.165, 1.54) is 18.5 Å². The van der Waals surface area contributed by atoms with Gasteiger partial charge < -0.3 is 15.4 Å². The zero-order chi connectivity index (χ0) is 13.8. The first-order valence-electron chi connectivity index (χ1n) is 5.70. The number of aromatic amines is 1. The predicted molar refractivity (Wildman–Crippen MR) is 65.5 cm³/mol. The maximum absolute atomic E-state index is 11.9. The average Bonchev–Trinajstić information content (AvgIpc) is 2.36. The molecule has 0 saturated heterocycles. The summed E-state index contributed by atoms with van der Waals surface area (Å²) in [4.78, 5) is 37.2. The number of carboxylic acids is 1. The Hall–Kier alpha value is -2.11. The smallest absolute Gasteiger partial charge is 0.329 e. The summed E-state index contributed by atoms with van der Waals surface area (Å²) in [6.45, 7) is 3.35. The van der Waals surface area contributed by atoms with Gasteiger partial charge in [-0.1, -0.05) is 13.8 Å². The number of carbonyl (C=O) groups excluding carboxylic acids is 1. The number of hydrogen-bond acceptors (Lipinski definition) is 3. The van der Waals surface area contributed by atoms with Gasteiger partial charge in [-0.3, -0.25) is 9.59 Å². The SMILES string of the molecule is CCC(CC)(NC(=O)c1c[nH]ccc1=O)C(=O)O. The second-order valence-electron chi connectivity index (χ2n) is 3.97. The van der Waals surface area contributed by atoms with Crippen LogP contribution in [0.5, 0.6) is 0 Å². The minimum Gasteiger partial charge on any atom is -0.480 e. The summed E-state index contributed by atoms with van der Waals surface area (Å²) in [6.07, 6.45) is 3.16. The minimum absolute atomic E-state index is 0.0926. The largest absolute Gasteiger partial charge is 0.480 e. The Labute approximate surface area is 104 Å². The highest BCUT2D eigenvalue weighted by Gasteiger charge is 2.36. The van der Waals surface area contributed by atoms with E-state index in [0.717, 1.165) is 0 Å². The van der Waals surface area contributed by atoms with E-state index in [-0.39, 0.29) is 18.4 Å². The summed E-state index contributed by atoms with van der Waals surface area (Å²) >= 11 is 0. The summed E-state index contributed by atoms with van der Waals surface area (Å²) in [5.74, 6) is -1.78. The lowest BCUT2D eigenvalue weighted by Gasteiger charge is -2.27. The fourth-order valence-corrected chi connectivity index (χ4v) is 1.66. The number of nitrogens with one attached hydrogen (secondary N) is 2. The maximum Gasteiger partial charge on any atom is 0.329 e. The monoisotopic (exact) mass is 252 g/mol. The second-order valence-corrected chi connectivity index (χ2v) is 3.97. The third-order valence-corrected chi connectivity index (χ3v) is 3.04. The van der Waals surface area contributed by atoms with Gasteiger partial charge in [-0.2, -0.15) is 0 Å². The highest BCUT2D eigenvalue weighted by atomic mass is 16.4. The fourth-order valence-electron chi connectivity index (χ4n) is 1.66. The van der Waals surface area contributed by atoms with Crippen LogP contribution in [-0.4, -0.2) is 27.5 Å². The molecule has 0 saturated carbocycles. The van der Waals surface area contributed by atoms with Crippen LogP contribution in [0.4, 0.5) is 0 Å². The second kappa shape index (κ2) is 5.48. The summed E-state index contributed by atoms with van der Waals surface area (Å²) < 4.78 is 0. The van der Waals surface area contributed by atoms with Crippen molar-refractivity contribution in [2.75, 3.05) is 0 Å². The number of aliphatic carboxylic acids is 1. The van der Waals surface area contributed by atoms with Gasteiger partial charge in [0.1, 0.15) is 11.1 Å². The van der Waals surface area contributed by atoms with Crippen molar-refractivity contribution in [3.8, 4) is 0 Å². The molecule has 1 amide bonds. The normalized spacial score (nSPS) is 11.0. The number of amides is 1. The molecule has 6 nitrogen and oxygen atoms in total. The Morgan fingerprint density at radius 3 is 2.44 bits per heavy atom. The van der Waals surface area contributed by atoms with Gasteiger partial charge in [-0.05, 0) is 12.8 Å². The molecule has 0 bridgehead atoms. The molecule has 1 heterocycles. The van der Waals surface area contributed by atoms with Crippen LogP contribution in [0.2, 0.25) is 0 Å². The van der Waals surface area contributed by atoms with Crippen molar-refractivity contribution in [1.29, 1.82) is 0 Å². The topological polar surface area (TPSA) is 99.3 Å². The molecule has 98 valence electrons. The van der Waals surface area contributed by atoms with Crippen LogP contribution in [0, 0.1) is 0 Å². The van der Waals surface area contributed by atoms with E-state index in [1.807, 2.05) is 0 Å². The Kier molecular flexibility index (Phi) is 4.25. The molecule has 0 aliphatic rings. The van der Waals surface area contributed by atoms with Gasteiger partial charge in [-0.25, -0.2) is 4.79 Å². The van der Waals surface area contributed by atoms with Crippen LogP contribution in [0.1, 0.15) is 37.0 Å².